The molecule has 7 nitrogen and oxygen atoms in total. The van der Waals surface area contributed by atoms with Crippen LogP contribution in [0.15, 0.2) is 30.4 Å². The Labute approximate surface area is 138 Å². The molecule has 4 rings (SSSR count). The number of nitro benzene ring substituents is 1. The van der Waals surface area contributed by atoms with Gasteiger partial charge in [0, 0.05) is 11.6 Å². The lowest BCUT2D eigenvalue weighted by Crippen LogP contribution is -2.39. The zero-order valence-corrected chi connectivity index (χ0v) is 13.5. The van der Waals surface area contributed by atoms with Crippen LogP contribution >= 0.6 is 0 Å². The summed E-state index contributed by atoms with van der Waals surface area (Å²) in [5.74, 6) is -1.92. The summed E-state index contributed by atoms with van der Waals surface area (Å²) in [6.45, 7) is 5.21. The molecular formula is C17H16N2O5. The van der Waals surface area contributed by atoms with Crippen molar-refractivity contribution in [2.24, 2.45) is 11.8 Å². The number of rotatable bonds is 2. The van der Waals surface area contributed by atoms with Crippen LogP contribution < -0.4 is 4.90 Å². The van der Waals surface area contributed by atoms with E-state index in [0.29, 0.717) is 5.56 Å². The largest absolute Gasteiger partial charge is 0.359 e. The molecule has 24 heavy (non-hydrogen) atoms. The van der Waals surface area contributed by atoms with Crippen molar-refractivity contribution in [2.45, 2.75) is 32.0 Å². The van der Waals surface area contributed by atoms with Gasteiger partial charge in [-0.1, -0.05) is 18.2 Å². The Kier molecular flexibility index (Phi) is 2.69. The fourth-order valence-corrected chi connectivity index (χ4v) is 4.22. The molecule has 2 saturated heterocycles. The maximum absolute atomic E-state index is 12.9. The number of carbonyl (C=O) groups is 2. The number of anilines is 1. The maximum atomic E-state index is 12.9. The molecule has 0 aromatic heterocycles. The summed E-state index contributed by atoms with van der Waals surface area (Å²) in [5, 5.41) is 11.2. The van der Waals surface area contributed by atoms with Gasteiger partial charge in [0.1, 0.15) is 0 Å². The number of fused-ring (bicyclic) bond motifs is 5. The number of imide groups is 1. The number of carbonyl (C=O) groups excluding carboxylic acids is 2. The molecule has 0 N–H and O–H groups in total. The average molecular weight is 328 g/mol. The van der Waals surface area contributed by atoms with Crippen molar-refractivity contribution in [2.75, 3.05) is 4.90 Å². The number of benzene rings is 1. The Morgan fingerprint density at radius 3 is 2.17 bits per heavy atom. The Morgan fingerprint density at radius 2 is 1.67 bits per heavy atom. The van der Waals surface area contributed by atoms with E-state index in [1.807, 2.05) is 12.2 Å². The quantitative estimate of drug-likeness (QED) is 0.359. The molecule has 1 aromatic carbocycles. The highest BCUT2D eigenvalue weighted by Crippen LogP contribution is 2.57. The fourth-order valence-electron chi connectivity index (χ4n) is 4.22. The van der Waals surface area contributed by atoms with E-state index in [9.17, 15) is 19.7 Å². The lowest BCUT2D eigenvalue weighted by molar-refractivity contribution is -0.385. The van der Waals surface area contributed by atoms with Gasteiger partial charge in [0.25, 0.3) is 5.69 Å². The van der Waals surface area contributed by atoms with Crippen molar-refractivity contribution in [1.82, 2.24) is 0 Å². The van der Waals surface area contributed by atoms with Crippen LogP contribution in [0.5, 0.6) is 0 Å². The molecule has 0 aliphatic carbocycles. The van der Waals surface area contributed by atoms with Gasteiger partial charge in [0.2, 0.25) is 11.8 Å². The summed E-state index contributed by atoms with van der Waals surface area (Å²) in [6.07, 6.45) is 3.67. The summed E-state index contributed by atoms with van der Waals surface area (Å²) in [6, 6.07) is 4.40. The van der Waals surface area contributed by atoms with E-state index < -0.39 is 28.0 Å². The molecule has 0 saturated carbocycles. The molecule has 2 bridgehead atoms. The van der Waals surface area contributed by atoms with Crippen LogP contribution in [-0.4, -0.2) is 27.9 Å². The van der Waals surface area contributed by atoms with Crippen molar-refractivity contribution in [3.8, 4) is 0 Å². The lowest BCUT2D eigenvalue weighted by Gasteiger charge is -2.25. The smallest absolute Gasteiger partial charge is 0.274 e. The minimum atomic E-state index is -0.808. The SMILES string of the molecule is Cc1ccc(N2C(=O)[C@H]3[C@H](C2=O)[C@@]2(C)C=C[C@@]3(C)O2)cc1[N+](=O)[O-]. The van der Waals surface area contributed by atoms with Crippen LogP contribution in [0.1, 0.15) is 19.4 Å². The summed E-state index contributed by atoms with van der Waals surface area (Å²) < 4.78 is 5.93. The van der Waals surface area contributed by atoms with Crippen molar-refractivity contribution in [1.29, 1.82) is 0 Å². The molecule has 0 unspecified atom stereocenters. The van der Waals surface area contributed by atoms with Gasteiger partial charge in [0.15, 0.2) is 0 Å². The summed E-state index contributed by atoms with van der Waals surface area (Å²) in [4.78, 5) is 37.6. The van der Waals surface area contributed by atoms with Gasteiger partial charge < -0.3 is 4.74 Å². The molecule has 3 heterocycles. The fraction of sp³-hybridized carbons (Fsp3) is 0.412. The molecule has 0 radical (unpaired) electrons. The second-order valence-corrected chi connectivity index (χ2v) is 7.00. The Balaban J connectivity index is 1.80. The highest BCUT2D eigenvalue weighted by molar-refractivity contribution is 6.23. The average Bonchev–Trinajstić information content (AvgIpc) is 3.04. The van der Waals surface area contributed by atoms with Crippen LogP contribution in [0.4, 0.5) is 11.4 Å². The lowest BCUT2D eigenvalue weighted by atomic mass is 9.73. The third-order valence-corrected chi connectivity index (χ3v) is 5.37. The summed E-state index contributed by atoms with van der Waals surface area (Å²) in [7, 11) is 0. The summed E-state index contributed by atoms with van der Waals surface area (Å²) in [5.41, 5.74) is -1.01. The Bertz CT molecular complexity index is 811. The van der Waals surface area contributed by atoms with Gasteiger partial charge in [-0.2, -0.15) is 0 Å². The normalized spacial score (nSPS) is 36.5. The van der Waals surface area contributed by atoms with Gasteiger partial charge >= 0.3 is 0 Å². The highest BCUT2D eigenvalue weighted by atomic mass is 16.6. The third-order valence-electron chi connectivity index (χ3n) is 5.37. The van der Waals surface area contributed by atoms with Crippen LogP contribution in [0.2, 0.25) is 0 Å². The van der Waals surface area contributed by atoms with Crippen molar-refractivity contribution < 1.29 is 19.2 Å². The Hall–Kier alpha value is -2.54. The van der Waals surface area contributed by atoms with Gasteiger partial charge in [-0.25, -0.2) is 4.90 Å². The Morgan fingerprint density at radius 1 is 1.12 bits per heavy atom. The minimum absolute atomic E-state index is 0.111. The molecule has 3 aliphatic heterocycles. The van der Waals surface area contributed by atoms with Gasteiger partial charge in [-0.15, -0.1) is 0 Å². The second kappa shape index (κ2) is 4.30. The number of nitro groups is 1. The van der Waals surface area contributed by atoms with E-state index in [2.05, 4.69) is 0 Å². The predicted molar refractivity (Wildman–Crippen MR) is 84.3 cm³/mol. The zero-order valence-electron chi connectivity index (χ0n) is 13.5. The van der Waals surface area contributed by atoms with Crippen LogP contribution in [-0.2, 0) is 14.3 Å². The first-order valence-corrected chi connectivity index (χ1v) is 7.71. The number of aryl methyl sites for hydroxylation is 1. The van der Waals surface area contributed by atoms with E-state index in [4.69, 9.17) is 4.74 Å². The van der Waals surface area contributed by atoms with Crippen molar-refractivity contribution in [3.63, 3.8) is 0 Å². The minimum Gasteiger partial charge on any atom is -0.359 e. The molecule has 1 aromatic rings. The molecule has 2 amide bonds. The number of nitrogens with zero attached hydrogens (tertiary/aromatic N) is 2. The van der Waals surface area contributed by atoms with E-state index in [-0.39, 0.29) is 23.2 Å². The molecule has 3 aliphatic rings. The predicted octanol–water partition coefficient (Wildman–Crippen LogP) is 2.13. The molecule has 4 atom stereocenters. The zero-order chi connectivity index (χ0) is 17.4. The first-order chi connectivity index (χ1) is 11.2. The van der Waals surface area contributed by atoms with Gasteiger partial charge in [-0.05, 0) is 26.8 Å². The molecule has 0 spiro atoms. The summed E-state index contributed by atoms with van der Waals surface area (Å²) >= 11 is 0. The van der Waals surface area contributed by atoms with E-state index >= 15 is 0 Å². The van der Waals surface area contributed by atoms with E-state index in [0.717, 1.165) is 4.90 Å². The number of hydrogen-bond donors (Lipinski definition) is 0. The number of ether oxygens (including phenoxy) is 1. The maximum Gasteiger partial charge on any atom is 0.274 e. The molecular weight excluding hydrogens is 312 g/mol. The van der Waals surface area contributed by atoms with Crippen molar-refractivity contribution in [3.05, 3.63) is 46.0 Å². The first-order valence-electron chi connectivity index (χ1n) is 7.71. The van der Waals surface area contributed by atoms with E-state index in [1.54, 1.807) is 32.9 Å². The molecule has 2 fully saturated rings. The molecule has 124 valence electrons. The topological polar surface area (TPSA) is 89.8 Å². The van der Waals surface area contributed by atoms with Gasteiger partial charge in [-0.3, -0.25) is 19.7 Å². The first kappa shape index (κ1) is 15.0. The van der Waals surface area contributed by atoms with E-state index in [1.165, 1.54) is 6.07 Å². The standard InChI is InChI=1S/C17H16N2O5/c1-9-4-5-10(8-11(9)19(22)23)18-14(20)12-13(15(18)21)17(3)7-6-16(12,2)24-17/h4-8,12-13H,1-3H3/t12-,13-,16-,17-/m1/s1. The third kappa shape index (κ3) is 1.65. The second-order valence-electron chi connectivity index (χ2n) is 7.00. The van der Waals surface area contributed by atoms with Crippen LogP contribution in [0.25, 0.3) is 0 Å². The van der Waals surface area contributed by atoms with Gasteiger partial charge in [0.05, 0.1) is 33.6 Å². The van der Waals surface area contributed by atoms with Crippen molar-refractivity contribution >= 4 is 23.2 Å². The number of amides is 2. The molecule has 7 heteroatoms. The monoisotopic (exact) mass is 328 g/mol. The number of hydrogen-bond acceptors (Lipinski definition) is 5. The van der Waals surface area contributed by atoms with Crippen LogP contribution in [0.3, 0.4) is 0 Å². The highest BCUT2D eigenvalue weighted by Gasteiger charge is 2.70. The van der Waals surface area contributed by atoms with Crippen LogP contribution in [0, 0.1) is 28.9 Å².